The Morgan fingerprint density at radius 2 is 1.47 bits per heavy atom. The molecule has 4 heterocycles. The van der Waals surface area contributed by atoms with Gasteiger partial charge in [0.15, 0.2) is 11.5 Å². The standard InChI is InChI=1S/C24H14N6/c1-2-19-13-27-23(30-24(19)26-9-1)17-5-3-15-7-8-20(29-22(15)11-17)16-4-6-18-12-25-14-28-21(18)10-16/h1-14H. The summed E-state index contributed by atoms with van der Waals surface area (Å²) < 4.78 is 0. The van der Waals surface area contributed by atoms with Crippen LogP contribution in [0, 0.1) is 0 Å². The van der Waals surface area contributed by atoms with Gasteiger partial charge in [0.25, 0.3) is 0 Å². The Kier molecular flexibility index (Phi) is 3.67. The highest BCUT2D eigenvalue weighted by Crippen LogP contribution is 2.26. The first-order chi connectivity index (χ1) is 14.8. The fraction of sp³-hybridized carbons (Fsp3) is 0. The van der Waals surface area contributed by atoms with Crippen molar-refractivity contribution in [2.24, 2.45) is 0 Å². The van der Waals surface area contributed by atoms with Gasteiger partial charge in [-0.25, -0.2) is 29.9 Å². The fourth-order valence-electron chi connectivity index (χ4n) is 3.55. The predicted molar refractivity (Wildman–Crippen MR) is 117 cm³/mol. The van der Waals surface area contributed by atoms with Crippen molar-refractivity contribution in [1.29, 1.82) is 0 Å². The Labute approximate surface area is 171 Å². The lowest BCUT2D eigenvalue weighted by molar-refractivity contribution is 1.19. The highest BCUT2D eigenvalue weighted by atomic mass is 14.9. The van der Waals surface area contributed by atoms with Gasteiger partial charge in [-0.1, -0.05) is 30.3 Å². The molecule has 0 aliphatic heterocycles. The summed E-state index contributed by atoms with van der Waals surface area (Å²) in [5.74, 6) is 0.637. The van der Waals surface area contributed by atoms with Crippen molar-refractivity contribution in [1.82, 2.24) is 29.9 Å². The number of aromatic nitrogens is 6. The van der Waals surface area contributed by atoms with E-state index in [1.54, 1.807) is 18.7 Å². The largest absolute Gasteiger partial charge is 0.248 e. The lowest BCUT2D eigenvalue weighted by Gasteiger charge is -2.07. The van der Waals surface area contributed by atoms with Gasteiger partial charge < -0.3 is 0 Å². The highest BCUT2D eigenvalue weighted by molar-refractivity contribution is 5.88. The van der Waals surface area contributed by atoms with Crippen LogP contribution in [0.15, 0.2) is 85.6 Å². The molecule has 0 amide bonds. The molecule has 0 aliphatic carbocycles. The molecule has 140 valence electrons. The third-order valence-electron chi connectivity index (χ3n) is 5.11. The number of hydrogen-bond acceptors (Lipinski definition) is 6. The molecular weight excluding hydrogens is 372 g/mol. The van der Waals surface area contributed by atoms with Gasteiger partial charge in [0.1, 0.15) is 6.33 Å². The zero-order chi connectivity index (χ0) is 19.9. The first-order valence-electron chi connectivity index (χ1n) is 9.53. The van der Waals surface area contributed by atoms with Gasteiger partial charge >= 0.3 is 0 Å². The van der Waals surface area contributed by atoms with Crippen LogP contribution >= 0.6 is 0 Å². The third-order valence-corrected chi connectivity index (χ3v) is 5.11. The van der Waals surface area contributed by atoms with Crippen molar-refractivity contribution in [2.75, 3.05) is 0 Å². The Morgan fingerprint density at radius 1 is 0.600 bits per heavy atom. The maximum atomic E-state index is 4.89. The van der Waals surface area contributed by atoms with Gasteiger partial charge in [0, 0.05) is 45.9 Å². The summed E-state index contributed by atoms with van der Waals surface area (Å²) in [5, 5.41) is 2.98. The Balaban J connectivity index is 1.46. The van der Waals surface area contributed by atoms with Gasteiger partial charge in [-0.15, -0.1) is 0 Å². The summed E-state index contributed by atoms with van der Waals surface area (Å²) in [5.41, 5.74) is 5.28. The molecule has 0 fully saturated rings. The molecule has 0 N–H and O–H groups in total. The molecule has 6 nitrogen and oxygen atoms in total. The second-order valence-electron chi connectivity index (χ2n) is 7.01. The van der Waals surface area contributed by atoms with Crippen molar-refractivity contribution in [3.63, 3.8) is 0 Å². The fourth-order valence-corrected chi connectivity index (χ4v) is 3.55. The maximum Gasteiger partial charge on any atom is 0.163 e. The predicted octanol–water partition coefficient (Wildman–Crippen LogP) is 4.85. The van der Waals surface area contributed by atoms with Crippen molar-refractivity contribution in [3.05, 3.63) is 85.6 Å². The molecule has 0 unspecified atom stereocenters. The second kappa shape index (κ2) is 6.63. The Bertz CT molecular complexity index is 1450. The lowest BCUT2D eigenvalue weighted by atomic mass is 10.1. The highest BCUT2D eigenvalue weighted by Gasteiger charge is 2.08. The molecule has 0 bridgehead atoms. The minimum absolute atomic E-state index is 0.637. The van der Waals surface area contributed by atoms with Crippen LogP contribution in [-0.2, 0) is 0 Å². The van der Waals surface area contributed by atoms with Gasteiger partial charge in [0.2, 0.25) is 0 Å². The number of fused-ring (bicyclic) bond motifs is 3. The zero-order valence-corrected chi connectivity index (χ0v) is 15.8. The minimum Gasteiger partial charge on any atom is -0.248 e. The van der Waals surface area contributed by atoms with Crippen LogP contribution in [0.25, 0.3) is 55.5 Å². The van der Waals surface area contributed by atoms with Crippen LogP contribution in [0.1, 0.15) is 0 Å². The van der Waals surface area contributed by atoms with E-state index in [2.05, 4.69) is 31.0 Å². The third kappa shape index (κ3) is 2.82. The van der Waals surface area contributed by atoms with Crippen molar-refractivity contribution in [2.45, 2.75) is 0 Å². The van der Waals surface area contributed by atoms with E-state index in [0.717, 1.165) is 44.0 Å². The van der Waals surface area contributed by atoms with Gasteiger partial charge in [-0.3, -0.25) is 0 Å². The summed E-state index contributed by atoms with van der Waals surface area (Å²) >= 11 is 0. The molecule has 0 atom stereocenters. The molecular formula is C24H14N6. The Morgan fingerprint density at radius 3 is 2.47 bits per heavy atom. The minimum atomic E-state index is 0.637. The summed E-state index contributed by atoms with van der Waals surface area (Å²) in [7, 11) is 0. The van der Waals surface area contributed by atoms with Crippen LogP contribution in [0.3, 0.4) is 0 Å². The van der Waals surface area contributed by atoms with E-state index in [1.165, 1.54) is 0 Å². The number of benzene rings is 2. The van der Waals surface area contributed by atoms with E-state index in [9.17, 15) is 0 Å². The molecule has 2 aromatic carbocycles. The van der Waals surface area contributed by atoms with E-state index in [1.807, 2.05) is 60.8 Å². The van der Waals surface area contributed by atoms with Crippen LogP contribution in [0.2, 0.25) is 0 Å². The molecule has 0 radical (unpaired) electrons. The number of rotatable bonds is 2. The smallest absolute Gasteiger partial charge is 0.163 e. The number of pyridine rings is 2. The van der Waals surface area contributed by atoms with Crippen molar-refractivity contribution < 1.29 is 0 Å². The van der Waals surface area contributed by atoms with Crippen LogP contribution in [0.4, 0.5) is 0 Å². The van der Waals surface area contributed by atoms with E-state index in [0.29, 0.717) is 11.5 Å². The van der Waals surface area contributed by atoms with Gasteiger partial charge in [0.05, 0.1) is 16.7 Å². The monoisotopic (exact) mass is 386 g/mol. The topological polar surface area (TPSA) is 77.3 Å². The molecule has 0 spiro atoms. The van der Waals surface area contributed by atoms with Crippen molar-refractivity contribution >= 4 is 32.8 Å². The molecule has 4 aromatic heterocycles. The lowest BCUT2D eigenvalue weighted by Crippen LogP contribution is -1.92. The average molecular weight is 386 g/mol. The molecule has 0 saturated heterocycles. The quantitative estimate of drug-likeness (QED) is 0.423. The van der Waals surface area contributed by atoms with Crippen molar-refractivity contribution in [3.8, 4) is 22.6 Å². The van der Waals surface area contributed by atoms with Gasteiger partial charge in [-0.2, -0.15) is 0 Å². The van der Waals surface area contributed by atoms with E-state index in [4.69, 9.17) is 4.98 Å². The van der Waals surface area contributed by atoms with Crippen LogP contribution in [0.5, 0.6) is 0 Å². The summed E-state index contributed by atoms with van der Waals surface area (Å²) in [6, 6.07) is 20.1. The summed E-state index contributed by atoms with van der Waals surface area (Å²) in [4.78, 5) is 26.7. The average Bonchev–Trinajstić information content (AvgIpc) is 2.82. The first-order valence-corrected chi connectivity index (χ1v) is 9.53. The van der Waals surface area contributed by atoms with Crippen LogP contribution in [-0.4, -0.2) is 29.9 Å². The normalized spacial score (nSPS) is 11.3. The van der Waals surface area contributed by atoms with E-state index >= 15 is 0 Å². The summed E-state index contributed by atoms with van der Waals surface area (Å²) in [6.45, 7) is 0. The molecule has 6 heteroatoms. The SMILES string of the molecule is c1cnc2nc(-c3ccc4ccc(-c5ccc6cncnc6c5)nc4c3)ncc2c1. The second-order valence-corrected chi connectivity index (χ2v) is 7.01. The zero-order valence-electron chi connectivity index (χ0n) is 15.8. The van der Waals surface area contributed by atoms with E-state index in [-0.39, 0.29) is 0 Å². The number of nitrogens with zero attached hydrogens (tertiary/aromatic N) is 6. The van der Waals surface area contributed by atoms with E-state index < -0.39 is 0 Å². The molecule has 6 aromatic rings. The molecule has 0 saturated carbocycles. The first kappa shape index (κ1) is 16.6. The summed E-state index contributed by atoms with van der Waals surface area (Å²) in [6.07, 6.45) is 6.91. The maximum absolute atomic E-state index is 4.89. The van der Waals surface area contributed by atoms with Gasteiger partial charge in [-0.05, 0) is 30.3 Å². The number of hydrogen-bond donors (Lipinski definition) is 0. The molecule has 6 rings (SSSR count). The Hall–Kier alpha value is -4.32. The molecule has 0 aliphatic rings. The van der Waals surface area contributed by atoms with Crippen LogP contribution < -0.4 is 0 Å². The molecule has 30 heavy (non-hydrogen) atoms.